The van der Waals surface area contributed by atoms with E-state index in [-0.39, 0.29) is 29.7 Å². The van der Waals surface area contributed by atoms with Crippen molar-refractivity contribution >= 4 is 23.6 Å². The molecule has 2 aromatic rings. The van der Waals surface area contributed by atoms with Crippen LogP contribution in [0.4, 0.5) is 0 Å². The van der Waals surface area contributed by atoms with Gasteiger partial charge in [0.1, 0.15) is 5.82 Å². The van der Waals surface area contributed by atoms with Gasteiger partial charge in [-0.3, -0.25) is 9.59 Å². The summed E-state index contributed by atoms with van der Waals surface area (Å²) < 4.78 is 7.46. The maximum absolute atomic E-state index is 12.8. The minimum absolute atomic E-state index is 0.0157. The van der Waals surface area contributed by atoms with E-state index < -0.39 is 0 Å². The summed E-state index contributed by atoms with van der Waals surface area (Å²) in [6.45, 7) is 7.14. The number of carbonyl (C=O) groups is 2. The fourth-order valence-corrected chi connectivity index (χ4v) is 4.94. The van der Waals surface area contributed by atoms with Crippen molar-refractivity contribution in [2.75, 3.05) is 32.1 Å². The second kappa shape index (κ2) is 10.5. The lowest BCUT2D eigenvalue weighted by molar-refractivity contribution is -0.128. The minimum Gasteiger partial charge on any atom is -0.381 e. The van der Waals surface area contributed by atoms with E-state index in [0.29, 0.717) is 45.0 Å². The molecule has 0 spiro atoms. The SMILES string of the molecule is CC(C)C(NC(=O)C1CCOC1)c1nnc2n1CCN(C(=O)CSc1ccccc1)CC2. The van der Waals surface area contributed by atoms with Crippen LogP contribution in [-0.2, 0) is 27.3 Å². The van der Waals surface area contributed by atoms with Gasteiger partial charge < -0.3 is 19.5 Å². The Balaban J connectivity index is 1.40. The largest absolute Gasteiger partial charge is 0.381 e. The summed E-state index contributed by atoms with van der Waals surface area (Å²) in [5, 5.41) is 12.0. The van der Waals surface area contributed by atoms with Gasteiger partial charge in [-0.2, -0.15) is 0 Å². The van der Waals surface area contributed by atoms with Crippen molar-refractivity contribution in [2.45, 2.75) is 44.2 Å². The Morgan fingerprint density at radius 3 is 2.72 bits per heavy atom. The molecule has 2 aliphatic heterocycles. The van der Waals surface area contributed by atoms with Crippen molar-refractivity contribution in [3.8, 4) is 0 Å². The molecule has 9 heteroatoms. The van der Waals surface area contributed by atoms with Crippen molar-refractivity contribution in [3.05, 3.63) is 42.0 Å². The number of thioether (sulfide) groups is 1. The number of hydrogen-bond donors (Lipinski definition) is 1. The van der Waals surface area contributed by atoms with Crippen molar-refractivity contribution in [3.63, 3.8) is 0 Å². The summed E-state index contributed by atoms with van der Waals surface area (Å²) in [6.07, 6.45) is 1.41. The Morgan fingerprint density at radius 1 is 1.19 bits per heavy atom. The first kappa shape index (κ1) is 22.8. The van der Waals surface area contributed by atoms with Crippen LogP contribution in [-0.4, -0.2) is 63.5 Å². The molecule has 32 heavy (non-hydrogen) atoms. The predicted molar refractivity (Wildman–Crippen MR) is 122 cm³/mol. The lowest BCUT2D eigenvalue weighted by Crippen LogP contribution is -2.38. The van der Waals surface area contributed by atoms with Crippen molar-refractivity contribution in [1.82, 2.24) is 25.0 Å². The molecule has 8 nitrogen and oxygen atoms in total. The second-order valence-electron chi connectivity index (χ2n) is 8.65. The van der Waals surface area contributed by atoms with Crippen LogP contribution in [0.5, 0.6) is 0 Å². The fraction of sp³-hybridized carbons (Fsp3) is 0.565. The highest BCUT2D eigenvalue weighted by Gasteiger charge is 2.31. The number of aromatic nitrogens is 3. The Bertz CT molecular complexity index is 927. The number of hydrogen-bond acceptors (Lipinski definition) is 6. The number of nitrogens with one attached hydrogen (secondary N) is 1. The molecular formula is C23H31N5O3S. The van der Waals surface area contributed by atoms with Gasteiger partial charge >= 0.3 is 0 Å². The standard InChI is InChI=1S/C23H31N5O3S/c1-16(2)21(24-23(30)17-9-13-31-14-17)22-26-25-19-8-10-27(11-12-28(19)22)20(29)15-32-18-6-4-3-5-7-18/h3-7,16-17,21H,8-15H2,1-2H3,(H,24,30). The molecule has 2 unspecified atom stereocenters. The van der Waals surface area contributed by atoms with Crippen LogP contribution in [0.15, 0.2) is 35.2 Å². The number of amides is 2. The average molecular weight is 458 g/mol. The van der Waals surface area contributed by atoms with Gasteiger partial charge in [0.2, 0.25) is 11.8 Å². The average Bonchev–Trinajstić information content (AvgIpc) is 3.42. The molecule has 2 aliphatic rings. The lowest BCUT2D eigenvalue weighted by atomic mass is 10.0. The van der Waals surface area contributed by atoms with E-state index in [1.54, 1.807) is 11.8 Å². The van der Waals surface area contributed by atoms with E-state index in [0.717, 1.165) is 23.0 Å². The molecule has 0 aliphatic carbocycles. The maximum atomic E-state index is 12.8. The maximum Gasteiger partial charge on any atom is 0.233 e. The van der Waals surface area contributed by atoms with Crippen LogP contribution in [0.2, 0.25) is 0 Å². The molecule has 3 heterocycles. The summed E-state index contributed by atoms with van der Waals surface area (Å²) in [7, 11) is 0. The van der Waals surface area contributed by atoms with Gasteiger partial charge in [0, 0.05) is 37.6 Å². The number of carbonyl (C=O) groups excluding carboxylic acids is 2. The van der Waals surface area contributed by atoms with E-state index in [2.05, 4.69) is 33.9 Å². The molecule has 1 saturated heterocycles. The van der Waals surface area contributed by atoms with Crippen molar-refractivity contribution < 1.29 is 14.3 Å². The number of nitrogens with zero attached hydrogens (tertiary/aromatic N) is 4. The molecule has 2 atom stereocenters. The van der Waals surface area contributed by atoms with Crippen LogP contribution in [0.3, 0.4) is 0 Å². The van der Waals surface area contributed by atoms with Gasteiger partial charge in [-0.25, -0.2) is 0 Å². The Kier molecular flexibility index (Phi) is 7.47. The number of ether oxygens (including phenoxy) is 1. The van der Waals surface area contributed by atoms with Crippen LogP contribution < -0.4 is 5.32 Å². The summed E-state index contributed by atoms with van der Waals surface area (Å²) in [6, 6.07) is 9.76. The zero-order valence-electron chi connectivity index (χ0n) is 18.7. The van der Waals surface area contributed by atoms with Gasteiger partial charge in [-0.1, -0.05) is 32.0 Å². The van der Waals surface area contributed by atoms with Crippen molar-refractivity contribution in [1.29, 1.82) is 0 Å². The third kappa shape index (κ3) is 5.32. The highest BCUT2D eigenvalue weighted by Crippen LogP contribution is 2.25. The van der Waals surface area contributed by atoms with E-state index in [1.807, 2.05) is 35.2 Å². The molecule has 172 valence electrons. The van der Waals surface area contributed by atoms with Gasteiger partial charge in [0.25, 0.3) is 0 Å². The smallest absolute Gasteiger partial charge is 0.233 e. The predicted octanol–water partition coefficient (Wildman–Crippen LogP) is 2.30. The molecule has 4 rings (SSSR count). The first-order valence-corrected chi connectivity index (χ1v) is 12.3. The summed E-state index contributed by atoms with van der Waals surface area (Å²) in [4.78, 5) is 28.5. The zero-order chi connectivity index (χ0) is 22.5. The molecule has 1 aromatic carbocycles. The number of rotatable bonds is 7. The fourth-order valence-electron chi connectivity index (χ4n) is 4.12. The molecule has 1 aromatic heterocycles. The third-order valence-electron chi connectivity index (χ3n) is 6.06. The molecule has 1 fully saturated rings. The normalized spacial score (nSPS) is 19.5. The van der Waals surface area contributed by atoms with E-state index in [9.17, 15) is 9.59 Å². The van der Waals surface area contributed by atoms with Crippen LogP contribution in [0, 0.1) is 11.8 Å². The third-order valence-corrected chi connectivity index (χ3v) is 7.05. The van der Waals surface area contributed by atoms with Crippen LogP contribution >= 0.6 is 11.8 Å². The Labute approximate surface area is 193 Å². The lowest BCUT2D eigenvalue weighted by Gasteiger charge is -2.24. The number of benzene rings is 1. The quantitative estimate of drug-likeness (QED) is 0.642. The number of fused-ring (bicyclic) bond motifs is 1. The minimum atomic E-state index is -0.222. The first-order chi connectivity index (χ1) is 15.5. The van der Waals surface area contributed by atoms with Crippen LogP contribution in [0.25, 0.3) is 0 Å². The molecule has 2 amide bonds. The monoisotopic (exact) mass is 457 g/mol. The molecule has 0 bridgehead atoms. The topological polar surface area (TPSA) is 89.3 Å². The summed E-state index contributed by atoms with van der Waals surface area (Å²) in [5.41, 5.74) is 0. The summed E-state index contributed by atoms with van der Waals surface area (Å²) >= 11 is 1.56. The van der Waals surface area contributed by atoms with E-state index >= 15 is 0 Å². The van der Waals surface area contributed by atoms with Crippen LogP contribution in [0.1, 0.15) is 38.0 Å². The van der Waals surface area contributed by atoms with E-state index in [4.69, 9.17) is 4.74 Å². The molecule has 0 saturated carbocycles. The second-order valence-corrected chi connectivity index (χ2v) is 9.70. The zero-order valence-corrected chi connectivity index (χ0v) is 19.5. The first-order valence-electron chi connectivity index (χ1n) is 11.3. The summed E-state index contributed by atoms with van der Waals surface area (Å²) in [5.74, 6) is 2.28. The van der Waals surface area contributed by atoms with Crippen molar-refractivity contribution in [2.24, 2.45) is 11.8 Å². The van der Waals surface area contributed by atoms with Gasteiger partial charge in [-0.15, -0.1) is 22.0 Å². The highest BCUT2D eigenvalue weighted by molar-refractivity contribution is 8.00. The van der Waals surface area contributed by atoms with Gasteiger partial charge in [0.15, 0.2) is 5.82 Å². The van der Waals surface area contributed by atoms with Gasteiger partial charge in [0.05, 0.1) is 24.3 Å². The molecule has 0 radical (unpaired) electrons. The molecule has 1 N–H and O–H groups in total. The molecular weight excluding hydrogens is 426 g/mol. The Morgan fingerprint density at radius 2 is 2.00 bits per heavy atom. The Hall–Kier alpha value is -2.39. The van der Waals surface area contributed by atoms with E-state index in [1.165, 1.54) is 0 Å². The van der Waals surface area contributed by atoms with Gasteiger partial charge in [-0.05, 0) is 24.5 Å². The highest BCUT2D eigenvalue weighted by atomic mass is 32.2.